The Balaban J connectivity index is 0.000000800. The molecule has 0 bridgehead atoms. The fraction of sp³-hybridized carbons (Fsp3) is 0.438. The van der Waals surface area contributed by atoms with Crippen LogP contribution in [0.1, 0.15) is 19.4 Å². The van der Waals surface area contributed by atoms with Crippen LogP contribution < -0.4 is 5.32 Å². The second-order valence-electron chi connectivity index (χ2n) is 5.31. The smallest absolute Gasteiger partial charge is 0.344 e. The Hall–Kier alpha value is -3.21. The summed E-state index contributed by atoms with van der Waals surface area (Å²) in [5.74, 6) is -0.679. The van der Waals surface area contributed by atoms with Crippen LogP contribution in [-0.2, 0) is 25.6 Å². The topological polar surface area (TPSA) is 152 Å². The minimum absolute atomic E-state index is 0.0476. The number of non-ortho nitro benzene ring substituents is 1. The maximum atomic E-state index is 12.0. The van der Waals surface area contributed by atoms with E-state index in [9.17, 15) is 29.6 Å². The average Bonchev–Trinajstić information content (AvgIpc) is 3.40. The van der Waals surface area contributed by atoms with Gasteiger partial charge in [0, 0.05) is 12.1 Å². The number of carbonyl (C=O) groups excluding carboxylic acids is 3. The Labute approximate surface area is 155 Å². The molecular weight excluding hydrogens is 362 g/mol. The molecule has 0 aromatic heterocycles. The lowest BCUT2D eigenvalue weighted by Crippen LogP contribution is -2.46. The molecule has 0 spiro atoms. The molecule has 1 unspecified atom stereocenters. The van der Waals surface area contributed by atoms with Crippen LogP contribution in [0.3, 0.4) is 0 Å². The first kappa shape index (κ1) is 21.8. The number of aliphatic hydroxyl groups is 1. The Morgan fingerprint density at radius 1 is 1.48 bits per heavy atom. The fourth-order valence-corrected chi connectivity index (χ4v) is 1.83. The molecule has 2 amide bonds. The van der Waals surface area contributed by atoms with Crippen molar-refractivity contribution in [2.45, 2.75) is 26.6 Å². The zero-order chi connectivity index (χ0) is 20.4. The summed E-state index contributed by atoms with van der Waals surface area (Å²) < 4.78 is 8.75. The van der Waals surface area contributed by atoms with Gasteiger partial charge in [0.1, 0.15) is 12.8 Å². The Bertz CT molecular complexity index is 686. The normalized spacial score (nSPS) is 12.6. The van der Waals surface area contributed by atoms with Crippen molar-refractivity contribution in [3.8, 4) is 0 Å². The lowest BCUT2D eigenvalue weighted by molar-refractivity contribution is -0.384. The Morgan fingerprint density at radius 2 is 2.11 bits per heavy atom. The third-order valence-electron chi connectivity index (χ3n) is 3.14. The van der Waals surface area contributed by atoms with Gasteiger partial charge >= 0.3 is 18.0 Å². The van der Waals surface area contributed by atoms with E-state index >= 15 is 0 Å². The van der Waals surface area contributed by atoms with Crippen LogP contribution in [0.15, 0.2) is 24.3 Å². The van der Waals surface area contributed by atoms with Crippen LogP contribution in [0.4, 0.5) is 10.5 Å². The van der Waals surface area contributed by atoms with E-state index in [0.717, 1.165) is 4.90 Å². The van der Waals surface area contributed by atoms with Crippen molar-refractivity contribution in [1.82, 2.24) is 10.2 Å². The standard InChI is InChI=1S/C14H19N3O6.C2H2O2/c1-3-23-13(19)8-15-14(20)16(10(2)18)9-11-5-4-6-12(7-11)17(21)22;3-2-1-4-2/h4-7,10,18H,3,8-9H2,1-2H3,(H,15,20);1H2. The number of cyclic esters (lactones) is 1. The van der Waals surface area contributed by atoms with Crippen molar-refractivity contribution in [3.05, 3.63) is 39.9 Å². The van der Waals surface area contributed by atoms with Crippen LogP contribution in [0.2, 0.25) is 0 Å². The molecule has 1 heterocycles. The van der Waals surface area contributed by atoms with E-state index < -0.39 is 23.2 Å². The van der Waals surface area contributed by atoms with Crippen molar-refractivity contribution in [3.63, 3.8) is 0 Å². The highest BCUT2D eigenvalue weighted by atomic mass is 16.6. The minimum Gasteiger partial charge on any atom is -0.465 e. The van der Waals surface area contributed by atoms with Crippen molar-refractivity contribution < 1.29 is 33.9 Å². The van der Waals surface area contributed by atoms with Gasteiger partial charge in [-0.15, -0.1) is 0 Å². The van der Waals surface area contributed by atoms with E-state index in [1.165, 1.54) is 25.1 Å². The third-order valence-corrected chi connectivity index (χ3v) is 3.14. The molecule has 0 aliphatic carbocycles. The summed E-state index contributed by atoms with van der Waals surface area (Å²) in [5, 5.41) is 22.8. The van der Waals surface area contributed by atoms with Gasteiger partial charge in [-0.3, -0.25) is 19.8 Å². The molecule has 0 radical (unpaired) electrons. The summed E-state index contributed by atoms with van der Waals surface area (Å²) in [6.07, 6.45) is -1.14. The van der Waals surface area contributed by atoms with Crippen molar-refractivity contribution in [1.29, 1.82) is 0 Å². The average molecular weight is 383 g/mol. The van der Waals surface area contributed by atoms with Crippen LogP contribution >= 0.6 is 0 Å². The molecule has 1 saturated heterocycles. The number of amides is 2. The summed E-state index contributed by atoms with van der Waals surface area (Å²) in [6, 6.07) is 5.05. The summed E-state index contributed by atoms with van der Waals surface area (Å²) in [4.78, 5) is 43.8. The predicted molar refractivity (Wildman–Crippen MR) is 91.3 cm³/mol. The maximum absolute atomic E-state index is 12.0. The Kier molecular flexibility index (Phi) is 8.66. The summed E-state index contributed by atoms with van der Waals surface area (Å²) >= 11 is 0. The molecule has 2 rings (SSSR count). The molecule has 1 aromatic rings. The van der Waals surface area contributed by atoms with Gasteiger partial charge in [0.2, 0.25) is 0 Å². The number of epoxide rings is 1. The molecule has 27 heavy (non-hydrogen) atoms. The molecule has 0 saturated carbocycles. The summed E-state index contributed by atoms with van der Waals surface area (Å²) in [5.41, 5.74) is 0.367. The first-order valence-electron chi connectivity index (χ1n) is 8.01. The summed E-state index contributed by atoms with van der Waals surface area (Å²) in [7, 11) is 0. The van der Waals surface area contributed by atoms with Gasteiger partial charge in [-0.1, -0.05) is 12.1 Å². The van der Waals surface area contributed by atoms with Crippen LogP contribution in [0, 0.1) is 10.1 Å². The molecule has 1 aromatic carbocycles. The molecule has 1 fully saturated rings. The number of rotatable bonds is 7. The number of nitrogens with zero attached hydrogens (tertiary/aromatic N) is 2. The second kappa shape index (κ2) is 10.7. The largest absolute Gasteiger partial charge is 0.465 e. The first-order valence-corrected chi connectivity index (χ1v) is 8.01. The summed E-state index contributed by atoms with van der Waals surface area (Å²) in [6.45, 7) is 3.19. The van der Waals surface area contributed by atoms with E-state index in [4.69, 9.17) is 0 Å². The maximum Gasteiger partial charge on any atom is 0.344 e. The second-order valence-corrected chi connectivity index (χ2v) is 5.31. The highest BCUT2D eigenvalue weighted by Crippen LogP contribution is 2.15. The minimum atomic E-state index is -1.14. The molecule has 2 N–H and O–H groups in total. The Morgan fingerprint density at radius 3 is 2.59 bits per heavy atom. The number of aliphatic hydroxyl groups excluding tert-OH is 1. The van der Waals surface area contributed by atoms with E-state index in [0.29, 0.717) is 12.2 Å². The van der Waals surface area contributed by atoms with Gasteiger partial charge in [-0.2, -0.15) is 0 Å². The van der Waals surface area contributed by atoms with E-state index in [1.54, 1.807) is 13.0 Å². The molecule has 11 nitrogen and oxygen atoms in total. The zero-order valence-electron chi connectivity index (χ0n) is 14.9. The number of ether oxygens (including phenoxy) is 2. The number of carbonyl (C=O) groups is 3. The zero-order valence-corrected chi connectivity index (χ0v) is 14.9. The van der Waals surface area contributed by atoms with E-state index in [-0.39, 0.29) is 31.4 Å². The monoisotopic (exact) mass is 383 g/mol. The number of hydrogen-bond donors (Lipinski definition) is 2. The quantitative estimate of drug-likeness (QED) is 0.228. The van der Waals surface area contributed by atoms with Crippen LogP contribution in [0.5, 0.6) is 0 Å². The third kappa shape index (κ3) is 8.63. The lowest BCUT2D eigenvalue weighted by Gasteiger charge is -2.25. The number of benzene rings is 1. The first-order chi connectivity index (χ1) is 12.7. The van der Waals surface area contributed by atoms with Gasteiger partial charge in [-0.25, -0.2) is 9.59 Å². The SMILES string of the molecule is CCOC(=O)CNC(=O)N(Cc1cccc([N+](=O)[O-])c1)C(C)O.O=C1CO1. The van der Waals surface area contributed by atoms with Crippen LogP contribution in [0.25, 0.3) is 0 Å². The van der Waals surface area contributed by atoms with E-state index in [1.807, 2.05) is 0 Å². The molecule has 1 aliphatic rings. The molecule has 11 heteroatoms. The van der Waals surface area contributed by atoms with Crippen molar-refractivity contribution in [2.24, 2.45) is 0 Å². The molecule has 148 valence electrons. The molecule has 1 aliphatic heterocycles. The predicted octanol–water partition coefficient (Wildman–Crippen LogP) is 0.551. The number of urea groups is 1. The van der Waals surface area contributed by atoms with Crippen molar-refractivity contribution in [2.75, 3.05) is 19.8 Å². The van der Waals surface area contributed by atoms with E-state index in [2.05, 4.69) is 14.8 Å². The van der Waals surface area contributed by atoms with Crippen LogP contribution in [-0.4, -0.2) is 58.9 Å². The molecular formula is C16H21N3O8. The number of nitrogens with one attached hydrogen (secondary N) is 1. The number of hydrogen-bond acceptors (Lipinski definition) is 8. The van der Waals surface area contributed by atoms with Gasteiger partial charge in [0.05, 0.1) is 18.1 Å². The molecule has 1 atom stereocenters. The van der Waals surface area contributed by atoms with Gasteiger partial charge < -0.3 is 19.9 Å². The number of nitro benzene ring substituents is 1. The van der Waals surface area contributed by atoms with Gasteiger partial charge in [0.25, 0.3) is 5.69 Å². The number of esters is 1. The van der Waals surface area contributed by atoms with Gasteiger partial charge in [-0.05, 0) is 19.4 Å². The van der Waals surface area contributed by atoms with Crippen molar-refractivity contribution >= 4 is 23.7 Å². The van der Waals surface area contributed by atoms with Gasteiger partial charge in [0.15, 0.2) is 6.61 Å². The number of nitro groups is 1. The lowest BCUT2D eigenvalue weighted by atomic mass is 10.2. The highest BCUT2D eigenvalue weighted by molar-refractivity contribution is 5.82. The fourth-order valence-electron chi connectivity index (χ4n) is 1.83. The highest BCUT2D eigenvalue weighted by Gasteiger charge is 2.20.